The lowest BCUT2D eigenvalue weighted by Gasteiger charge is -2.26. The lowest BCUT2D eigenvalue weighted by Crippen LogP contribution is -2.32. The molecule has 1 aliphatic heterocycles. The number of benzene rings is 2. The van der Waals surface area contributed by atoms with E-state index in [0.29, 0.717) is 30.2 Å². The van der Waals surface area contributed by atoms with Crippen molar-refractivity contribution in [2.45, 2.75) is 18.7 Å². The summed E-state index contributed by atoms with van der Waals surface area (Å²) in [6.07, 6.45) is 0.345. The van der Waals surface area contributed by atoms with E-state index in [4.69, 9.17) is 18.9 Å². The van der Waals surface area contributed by atoms with Crippen molar-refractivity contribution in [2.24, 2.45) is 0 Å². The second-order valence-corrected chi connectivity index (χ2v) is 7.93. The molecule has 0 saturated carbocycles. The fourth-order valence-electron chi connectivity index (χ4n) is 3.56. The highest BCUT2D eigenvalue weighted by atomic mass is 32.2. The highest BCUT2D eigenvalue weighted by Gasteiger charge is 2.33. The molecule has 1 saturated heterocycles. The molecular formula is C22H27NO5S. The normalized spacial score (nSPS) is 15.9. The summed E-state index contributed by atoms with van der Waals surface area (Å²) in [4.78, 5) is 15.0. The van der Waals surface area contributed by atoms with Gasteiger partial charge in [0, 0.05) is 23.9 Å². The molecular weight excluding hydrogens is 390 g/mol. The average Bonchev–Trinajstić information content (AvgIpc) is 3.22. The summed E-state index contributed by atoms with van der Waals surface area (Å²) in [5.74, 6) is 3.68. The Balaban J connectivity index is 1.86. The number of carbonyl (C=O) groups is 1. The number of rotatable bonds is 7. The van der Waals surface area contributed by atoms with Crippen LogP contribution in [-0.2, 0) is 11.2 Å². The number of aryl methyl sites for hydroxylation is 1. The minimum atomic E-state index is -0.128. The first-order valence-corrected chi connectivity index (χ1v) is 10.4. The van der Waals surface area contributed by atoms with E-state index in [1.807, 2.05) is 42.2 Å². The van der Waals surface area contributed by atoms with Crippen molar-refractivity contribution >= 4 is 17.7 Å². The van der Waals surface area contributed by atoms with Gasteiger partial charge in [0.15, 0.2) is 11.5 Å². The maximum atomic E-state index is 13.1. The van der Waals surface area contributed by atoms with E-state index in [1.165, 1.54) is 0 Å². The average molecular weight is 418 g/mol. The molecule has 7 heteroatoms. The summed E-state index contributed by atoms with van der Waals surface area (Å²) in [7, 11) is 6.46. The van der Waals surface area contributed by atoms with E-state index >= 15 is 0 Å². The van der Waals surface area contributed by atoms with Gasteiger partial charge in [-0.15, -0.1) is 11.8 Å². The first-order valence-electron chi connectivity index (χ1n) is 9.36. The summed E-state index contributed by atoms with van der Waals surface area (Å²) < 4.78 is 21.7. The molecule has 2 aromatic rings. The highest BCUT2D eigenvalue weighted by molar-refractivity contribution is 7.99. The number of thioether (sulfide) groups is 1. The third-order valence-electron chi connectivity index (χ3n) is 5.03. The molecule has 0 N–H and O–H groups in total. The molecule has 3 rings (SSSR count). The predicted molar refractivity (Wildman–Crippen MR) is 114 cm³/mol. The summed E-state index contributed by atoms with van der Waals surface area (Å²) in [5.41, 5.74) is 2.90. The van der Waals surface area contributed by atoms with Crippen LogP contribution in [0.25, 0.3) is 0 Å². The van der Waals surface area contributed by atoms with Gasteiger partial charge >= 0.3 is 0 Å². The molecule has 1 amide bonds. The maximum absolute atomic E-state index is 13.1. The van der Waals surface area contributed by atoms with Crippen LogP contribution < -0.4 is 18.9 Å². The fourth-order valence-corrected chi connectivity index (χ4v) is 4.85. The maximum Gasteiger partial charge on any atom is 0.228 e. The standard InChI is InChI=1S/C22H27NO5S/c1-14-10-15(6-7-17(14)25-2)11-21(24)23-8-9-29-22(23)16-12-19(27-4)20(28-5)13-18(16)26-3/h6-7,10,12-13,22H,8-9,11H2,1-5H3. The minimum Gasteiger partial charge on any atom is -0.496 e. The van der Waals surface area contributed by atoms with Gasteiger partial charge in [-0.1, -0.05) is 12.1 Å². The summed E-state index contributed by atoms with van der Waals surface area (Å²) in [6, 6.07) is 9.57. The number of hydrogen-bond acceptors (Lipinski definition) is 6. The Morgan fingerprint density at radius 3 is 2.24 bits per heavy atom. The van der Waals surface area contributed by atoms with Crippen LogP contribution in [0.1, 0.15) is 22.1 Å². The van der Waals surface area contributed by atoms with Gasteiger partial charge in [-0.05, 0) is 30.2 Å². The van der Waals surface area contributed by atoms with Gasteiger partial charge in [0.1, 0.15) is 16.9 Å². The number of hydrogen-bond donors (Lipinski definition) is 0. The molecule has 1 unspecified atom stereocenters. The number of amides is 1. The molecule has 0 aromatic heterocycles. The molecule has 0 aliphatic carbocycles. The monoisotopic (exact) mass is 417 g/mol. The molecule has 1 heterocycles. The van der Waals surface area contributed by atoms with Crippen LogP contribution >= 0.6 is 11.8 Å². The minimum absolute atomic E-state index is 0.0846. The molecule has 2 aromatic carbocycles. The van der Waals surface area contributed by atoms with E-state index in [9.17, 15) is 4.79 Å². The van der Waals surface area contributed by atoms with Gasteiger partial charge in [0.05, 0.1) is 34.9 Å². The second kappa shape index (κ2) is 9.31. The zero-order chi connectivity index (χ0) is 21.0. The molecule has 0 bridgehead atoms. The Morgan fingerprint density at radius 1 is 0.966 bits per heavy atom. The van der Waals surface area contributed by atoms with Gasteiger partial charge in [-0.3, -0.25) is 4.79 Å². The quantitative estimate of drug-likeness (QED) is 0.682. The fraction of sp³-hybridized carbons (Fsp3) is 0.409. The van der Waals surface area contributed by atoms with Crippen LogP contribution in [-0.4, -0.2) is 51.5 Å². The molecule has 29 heavy (non-hydrogen) atoms. The third-order valence-corrected chi connectivity index (χ3v) is 6.27. The number of nitrogens with zero attached hydrogens (tertiary/aromatic N) is 1. The lowest BCUT2D eigenvalue weighted by molar-refractivity contribution is -0.130. The van der Waals surface area contributed by atoms with E-state index in [-0.39, 0.29) is 11.3 Å². The smallest absolute Gasteiger partial charge is 0.228 e. The second-order valence-electron chi connectivity index (χ2n) is 6.74. The molecule has 0 radical (unpaired) electrons. The Morgan fingerprint density at radius 2 is 1.62 bits per heavy atom. The first-order chi connectivity index (χ1) is 14.0. The van der Waals surface area contributed by atoms with E-state index in [1.54, 1.807) is 40.2 Å². The van der Waals surface area contributed by atoms with Gasteiger partial charge in [0.2, 0.25) is 5.91 Å². The number of ether oxygens (including phenoxy) is 4. The van der Waals surface area contributed by atoms with E-state index < -0.39 is 0 Å². The predicted octanol–water partition coefficient (Wildman–Crippen LogP) is 3.85. The van der Waals surface area contributed by atoms with Crippen molar-refractivity contribution in [3.63, 3.8) is 0 Å². The Bertz CT molecular complexity index is 886. The largest absolute Gasteiger partial charge is 0.496 e. The Hall–Kier alpha value is -2.54. The Kier molecular flexibility index (Phi) is 6.79. The van der Waals surface area contributed by atoms with Crippen LogP contribution in [0.5, 0.6) is 23.0 Å². The summed E-state index contributed by atoms with van der Waals surface area (Å²) in [5, 5.41) is -0.128. The van der Waals surface area contributed by atoms with Crippen molar-refractivity contribution in [1.82, 2.24) is 4.90 Å². The SMILES string of the molecule is COc1ccc(CC(=O)N2CCSC2c2cc(OC)c(OC)cc2OC)cc1C. The van der Waals surface area contributed by atoms with Crippen LogP contribution in [0.3, 0.4) is 0 Å². The van der Waals surface area contributed by atoms with Gasteiger partial charge in [0.25, 0.3) is 0 Å². The van der Waals surface area contributed by atoms with Crippen molar-refractivity contribution in [3.05, 3.63) is 47.0 Å². The molecule has 1 fully saturated rings. The third kappa shape index (κ3) is 4.40. The van der Waals surface area contributed by atoms with Crippen LogP contribution in [0.2, 0.25) is 0 Å². The summed E-state index contributed by atoms with van der Waals surface area (Å²) >= 11 is 1.72. The Labute approximate surface area is 176 Å². The first kappa shape index (κ1) is 21.2. The van der Waals surface area contributed by atoms with Crippen molar-refractivity contribution in [1.29, 1.82) is 0 Å². The molecule has 1 aliphatic rings. The van der Waals surface area contributed by atoms with Gasteiger partial charge in [-0.2, -0.15) is 0 Å². The van der Waals surface area contributed by atoms with E-state index in [2.05, 4.69) is 0 Å². The molecule has 6 nitrogen and oxygen atoms in total. The lowest BCUT2D eigenvalue weighted by atomic mass is 10.1. The zero-order valence-corrected chi connectivity index (χ0v) is 18.3. The number of methoxy groups -OCH3 is 4. The van der Waals surface area contributed by atoms with Crippen LogP contribution in [0.15, 0.2) is 30.3 Å². The highest BCUT2D eigenvalue weighted by Crippen LogP contribution is 2.46. The van der Waals surface area contributed by atoms with Gasteiger partial charge in [-0.25, -0.2) is 0 Å². The topological polar surface area (TPSA) is 57.2 Å². The van der Waals surface area contributed by atoms with Gasteiger partial charge < -0.3 is 23.8 Å². The van der Waals surface area contributed by atoms with Crippen molar-refractivity contribution < 1.29 is 23.7 Å². The van der Waals surface area contributed by atoms with Crippen LogP contribution in [0.4, 0.5) is 0 Å². The van der Waals surface area contributed by atoms with Crippen molar-refractivity contribution in [3.8, 4) is 23.0 Å². The van der Waals surface area contributed by atoms with Crippen LogP contribution in [0, 0.1) is 6.92 Å². The van der Waals surface area contributed by atoms with Crippen molar-refractivity contribution in [2.75, 3.05) is 40.7 Å². The zero-order valence-electron chi connectivity index (χ0n) is 17.5. The van der Waals surface area contributed by atoms with E-state index in [0.717, 1.165) is 28.2 Å². The molecule has 1 atom stereocenters. The summed E-state index contributed by atoms with van der Waals surface area (Å²) in [6.45, 7) is 2.68. The molecule has 0 spiro atoms. The number of carbonyl (C=O) groups excluding carboxylic acids is 1. The molecule has 156 valence electrons.